The summed E-state index contributed by atoms with van der Waals surface area (Å²) in [6.07, 6.45) is 8.51. The van der Waals surface area contributed by atoms with Crippen LogP contribution >= 0.6 is 0 Å². The fraction of sp³-hybridized carbons (Fsp3) is 0.417. The van der Waals surface area contributed by atoms with Gasteiger partial charge in [-0.3, -0.25) is 9.69 Å². The van der Waals surface area contributed by atoms with Gasteiger partial charge in [0.1, 0.15) is 5.54 Å². The van der Waals surface area contributed by atoms with Crippen molar-refractivity contribution in [2.75, 3.05) is 13.1 Å². The Hall–Kier alpha value is -3.77. The third-order valence-electron chi connectivity index (χ3n) is 9.54. The highest BCUT2D eigenvalue weighted by Gasteiger charge is 2.46. The SMILES string of the molecule is CCn1c2ccc(C(=O)c3ccccc3C)cc2c2cc(C(C)=NOC(=O)C3(N4CCCCC4)CCCCC3)ccc21. The van der Waals surface area contributed by atoms with E-state index in [1.807, 2.05) is 56.3 Å². The van der Waals surface area contributed by atoms with E-state index in [1.165, 1.54) is 12.8 Å². The van der Waals surface area contributed by atoms with Crippen LogP contribution in [0.3, 0.4) is 0 Å². The summed E-state index contributed by atoms with van der Waals surface area (Å²) in [5, 5.41) is 6.49. The van der Waals surface area contributed by atoms with Crippen LogP contribution in [0.15, 0.2) is 65.8 Å². The molecule has 6 rings (SSSR count). The van der Waals surface area contributed by atoms with Crippen LogP contribution in [0.4, 0.5) is 0 Å². The molecule has 2 heterocycles. The molecular formula is C36H41N3O3. The second kappa shape index (κ2) is 11.8. The molecule has 4 aromatic rings. The van der Waals surface area contributed by atoms with Gasteiger partial charge in [-0.25, -0.2) is 4.79 Å². The lowest BCUT2D eigenvalue weighted by Gasteiger charge is -2.45. The van der Waals surface area contributed by atoms with E-state index in [-0.39, 0.29) is 11.8 Å². The number of ketones is 1. The average Bonchev–Trinajstić information content (AvgIpc) is 3.36. The second-order valence-corrected chi connectivity index (χ2v) is 12.0. The molecule has 1 aliphatic carbocycles. The maximum atomic E-state index is 13.6. The number of hydrogen-bond donors (Lipinski definition) is 0. The molecule has 0 unspecified atom stereocenters. The summed E-state index contributed by atoms with van der Waals surface area (Å²) < 4.78 is 2.27. The maximum Gasteiger partial charge on any atom is 0.355 e. The van der Waals surface area contributed by atoms with E-state index in [0.717, 1.165) is 96.7 Å². The molecule has 1 aromatic heterocycles. The molecule has 0 amide bonds. The predicted molar refractivity (Wildman–Crippen MR) is 169 cm³/mol. The van der Waals surface area contributed by atoms with E-state index in [1.54, 1.807) is 0 Å². The van der Waals surface area contributed by atoms with Gasteiger partial charge in [-0.2, -0.15) is 0 Å². The summed E-state index contributed by atoms with van der Waals surface area (Å²) in [6.45, 7) is 8.74. The number of nitrogens with zero attached hydrogens (tertiary/aromatic N) is 3. The van der Waals surface area contributed by atoms with Crippen molar-refractivity contribution in [3.63, 3.8) is 0 Å². The first kappa shape index (κ1) is 28.4. The summed E-state index contributed by atoms with van der Waals surface area (Å²) in [7, 11) is 0. The van der Waals surface area contributed by atoms with E-state index in [4.69, 9.17) is 4.84 Å². The van der Waals surface area contributed by atoms with E-state index >= 15 is 0 Å². The molecule has 0 N–H and O–H groups in total. The summed E-state index contributed by atoms with van der Waals surface area (Å²) in [5.74, 6) is -0.176. The normalized spacial score (nSPS) is 17.9. The first-order valence-corrected chi connectivity index (χ1v) is 15.6. The van der Waals surface area contributed by atoms with Crippen LogP contribution in [-0.2, 0) is 16.2 Å². The van der Waals surface area contributed by atoms with Crippen LogP contribution < -0.4 is 0 Å². The molecule has 0 spiro atoms. The molecule has 2 fully saturated rings. The van der Waals surface area contributed by atoms with Crippen LogP contribution in [0.1, 0.15) is 92.3 Å². The van der Waals surface area contributed by atoms with Gasteiger partial charge in [0, 0.05) is 39.5 Å². The molecule has 6 heteroatoms. The van der Waals surface area contributed by atoms with Gasteiger partial charge in [-0.1, -0.05) is 61.2 Å². The van der Waals surface area contributed by atoms with Crippen molar-refractivity contribution in [3.8, 4) is 0 Å². The van der Waals surface area contributed by atoms with Gasteiger partial charge >= 0.3 is 5.97 Å². The van der Waals surface area contributed by atoms with Crippen LogP contribution in [0.2, 0.25) is 0 Å². The summed E-state index contributed by atoms with van der Waals surface area (Å²) in [4.78, 5) is 35.2. The Morgan fingerprint density at radius 1 is 0.833 bits per heavy atom. The van der Waals surface area contributed by atoms with Crippen LogP contribution in [0.25, 0.3) is 21.8 Å². The van der Waals surface area contributed by atoms with Crippen molar-refractivity contribution in [1.29, 1.82) is 0 Å². The first-order valence-electron chi connectivity index (χ1n) is 15.6. The Kier molecular flexibility index (Phi) is 8.00. The van der Waals surface area contributed by atoms with Crippen molar-refractivity contribution >= 4 is 39.3 Å². The Labute approximate surface area is 248 Å². The molecule has 2 aliphatic rings. The van der Waals surface area contributed by atoms with Crippen molar-refractivity contribution in [2.24, 2.45) is 5.16 Å². The number of carbonyl (C=O) groups is 2. The largest absolute Gasteiger partial charge is 0.355 e. The van der Waals surface area contributed by atoms with Gasteiger partial charge in [0.2, 0.25) is 0 Å². The number of rotatable bonds is 7. The molecule has 42 heavy (non-hydrogen) atoms. The maximum absolute atomic E-state index is 13.6. The topological polar surface area (TPSA) is 63.9 Å². The summed E-state index contributed by atoms with van der Waals surface area (Å²) >= 11 is 0. The van der Waals surface area contributed by atoms with Crippen molar-refractivity contribution in [2.45, 2.75) is 84.2 Å². The Bertz CT molecular complexity index is 1670. The lowest BCUT2D eigenvalue weighted by atomic mass is 9.79. The molecule has 0 bridgehead atoms. The van der Waals surface area contributed by atoms with Gasteiger partial charge in [-0.15, -0.1) is 0 Å². The number of fused-ring (bicyclic) bond motifs is 3. The average molecular weight is 564 g/mol. The van der Waals surface area contributed by atoms with Crippen molar-refractivity contribution < 1.29 is 14.4 Å². The van der Waals surface area contributed by atoms with Gasteiger partial charge in [0.25, 0.3) is 0 Å². The minimum Gasteiger partial charge on any atom is -0.341 e. The molecule has 0 radical (unpaired) electrons. The molecule has 1 aliphatic heterocycles. The van der Waals surface area contributed by atoms with Gasteiger partial charge in [0.05, 0.1) is 5.71 Å². The molecule has 1 saturated carbocycles. The van der Waals surface area contributed by atoms with Crippen LogP contribution in [0, 0.1) is 6.92 Å². The third kappa shape index (κ3) is 5.06. The highest BCUT2D eigenvalue weighted by Crippen LogP contribution is 2.37. The Morgan fingerprint density at radius 2 is 1.45 bits per heavy atom. The molecule has 0 atom stereocenters. The monoisotopic (exact) mass is 563 g/mol. The summed E-state index contributed by atoms with van der Waals surface area (Å²) in [5.41, 5.74) is 5.59. The zero-order valence-electron chi connectivity index (χ0n) is 25.1. The van der Waals surface area contributed by atoms with E-state index in [9.17, 15) is 9.59 Å². The molecule has 6 nitrogen and oxygen atoms in total. The third-order valence-corrected chi connectivity index (χ3v) is 9.54. The van der Waals surface area contributed by atoms with Crippen LogP contribution in [0.5, 0.6) is 0 Å². The lowest BCUT2D eigenvalue weighted by molar-refractivity contribution is -0.162. The highest BCUT2D eigenvalue weighted by molar-refractivity contribution is 6.16. The minimum absolute atomic E-state index is 0.0264. The number of benzene rings is 3. The minimum atomic E-state index is -0.541. The Balaban J connectivity index is 1.33. The molecule has 1 saturated heterocycles. The number of carbonyl (C=O) groups excluding carboxylic acids is 2. The fourth-order valence-electron chi connectivity index (χ4n) is 7.15. The van der Waals surface area contributed by atoms with Crippen molar-refractivity contribution in [1.82, 2.24) is 9.47 Å². The smallest absolute Gasteiger partial charge is 0.341 e. The first-order chi connectivity index (χ1) is 20.4. The zero-order valence-corrected chi connectivity index (χ0v) is 25.1. The molecule has 218 valence electrons. The van der Waals surface area contributed by atoms with Crippen LogP contribution in [-0.4, -0.2) is 45.6 Å². The zero-order chi connectivity index (χ0) is 29.3. The number of aryl methyl sites for hydroxylation is 2. The van der Waals surface area contributed by atoms with Gasteiger partial charge < -0.3 is 9.40 Å². The number of likely N-dealkylation sites (tertiary alicyclic amines) is 1. The fourth-order valence-corrected chi connectivity index (χ4v) is 7.15. The second-order valence-electron chi connectivity index (χ2n) is 12.0. The highest BCUT2D eigenvalue weighted by atomic mass is 16.7. The molecular weight excluding hydrogens is 522 g/mol. The van der Waals surface area contributed by atoms with E-state index < -0.39 is 5.54 Å². The van der Waals surface area contributed by atoms with Gasteiger partial charge in [0.15, 0.2) is 5.78 Å². The predicted octanol–water partition coefficient (Wildman–Crippen LogP) is 7.81. The van der Waals surface area contributed by atoms with Crippen molar-refractivity contribution in [3.05, 3.63) is 82.9 Å². The molecule has 3 aromatic carbocycles. The summed E-state index contributed by atoms with van der Waals surface area (Å²) in [6, 6.07) is 20.0. The lowest BCUT2D eigenvalue weighted by Crippen LogP contribution is -2.57. The van der Waals surface area contributed by atoms with E-state index in [0.29, 0.717) is 11.3 Å². The number of hydrogen-bond acceptors (Lipinski definition) is 5. The quantitative estimate of drug-likeness (QED) is 0.0996. The number of oxime groups is 1. The van der Waals surface area contributed by atoms with E-state index in [2.05, 4.69) is 39.7 Å². The number of piperidine rings is 1. The number of aromatic nitrogens is 1. The standard InChI is InChI=1S/C36H41N3O3/c1-4-39-32-17-15-27(26(3)37-42-35(41)36(19-9-5-10-20-36)38-21-11-6-12-22-38)23-30(32)31-24-28(16-18-33(31)39)34(40)29-14-8-7-13-25(29)2/h7-8,13-18,23-24H,4-6,9-12,19-22H2,1-3H3. The Morgan fingerprint density at radius 3 is 2.12 bits per heavy atom. The van der Waals surface area contributed by atoms with Gasteiger partial charge in [-0.05, 0) is 101 Å².